The van der Waals surface area contributed by atoms with Gasteiger partial charge in [-0.05, 0) is 31.5 Å². The molecule has 3 nitrogen and oxygen atoms in total. The Balaban J connectivity index is 2.84. The summed E-state index contributed by atoms with van der Waals surface area (Å²) < 4.78 is 13.3. The first-order valence-electron chi connectivity index (χ1n) is 4.78. The summed E-state index contributed by atoms with van der Waals surface area (Å²) >= 11 is 4.69. The van der Waals surface area contributed by atoms with Gasteiger partial charge < -0.3 is 11.1 Å². The van der Waals surface area contributed by atoms with Gasteiger partial charge in [-0.25, -0.2) is 4.39 Å². The molecular formula is C11H13FN2OS. The Morgan fingerprint density at radius 2 is 2.19 bits per heavy atom. The number of rotatable bonds is 3. The minimum absolute atomic E-state index is 0.0885. The smallest absolute Gasteiger partial charge is 0.234 e. The van der Waals surface area contributed by atoms with Gasteiger partial charge in [-0.3, -0.25) is 4.79 Å². The highest BCUT2D eigenvalue weighted by atomic mass is 32.1. The summed E-state index contributed by atoms with van der Waals surface area (Å²) in [5.41, 5.74) is 6.34. The maximum absolute atomic E-state index is 13.3. The molecule has 0 saturated heterocycles. The Morgan fingerprint density at radius 3 is 2.75 bits per heavy atom. The summed E-state index contributed by atoms with van der Waals surface area (Å²) in [6, 6.07) is 4.48. The van der Waals surface area contributed by atoms with Gasteiger partial charge in [0.2, 0.25) is 5.91 Å². The van der Waals surface area contributed by atoms with Gasteiger partial charge in [0, 0.05) is 0 Å². The molecule has 1 atom stereocenters. The molecular weight excluding hydrogens is 227 g/mol. The minimum Gasteiger partial charge on any atom is -0.393 e. The Kier molecular flexibility index (Phi) is 3.95. The molecule has 0 radical (unpaired) electrons. The fourth-order valence-electron chi connectivity index (χ4n) is 1.11. The standard InChI is InChI=1S/C11H13FN2OS/c1-6-3-4-8(12)9(5-6)14-11(15)7(2)10(13)16/h3-5,7H,1-2H3,(H2,13,16)(H,14,15). The number of hydrogen-bond acceptors (Lipinski definition) is 2. The third-order valence-electron chi connectivity index (χ3n) is 2.20. The van der Waals surface area contributed by atoms with E-state index in [1.807, 2.05) is 6.92 Å². The van der Waals surface area contributed by atoms with Crippen molar-refractivity contribution in [3.05, 3.63) is 29.6 Å². The SMILES string of the molecule is Cc1ccc(F)c(NC(=O)C(C)C(N)=S)c1. The lowest BCUT2D eigenvalue weighted by atomic mass is 10.1. The maximum Gasteiger partial charge on any atom is 0.234 e. The molecule has 0 saturated carbocycles. The molecule has 0 spiro atoms. The molecule has 1 rings (SSSR count). The second kappa shape index (κ2) is 5.03. The number of thiocarbonyl (C=S) groups is 1. The number of halogens is 1. The molecule has 0 aliphatic carbocycles. The lowest BCUT2D eigenvalue weighted by Crippen LogP contribution is -2.31. The van der Waals surface area contributed by atoms with Crippen LogP contribution in [-0.2, 0) is 4.79 Å². The molecule has 0 heterocycles. The summed E-state index contributed by atoms with van der Waals surface area (Å²) in [4.78, 5) is 11.7. The van der Waals surface area contributed by atoms with Crippen LogP contribution in [0.5, 0.6) is 0 Å². The molecule has 0 aliphatic rings. The summed E-state index contributed by atoms with van der Waals surface area (Å²) in [6.07, 6.45) is 0. The molecule has 0 aromatic heterocycles. The van der Waals surface area contributed by atoms with Gasteiger partial charge in [0.15, 0.2) is 0 Å². The monoisotopic (exact) mass is 240 g/mol. The van der Waals surface area contributed by atoms with Crippen LogP contribution in [0.15, 0.2) is 18.2 Å². The fourth-order valence-corrected chi connectivity index (χ4v) is 1.21. The molecule has 1 aromatic rings. The van der Waals surface area contributed by atoms with Gasteiger partial charge in [-0.15, -0.1) is 0 Å². The van der Waals surface area contributed by atoms with Crippen LogP contribution in [0.25, 0.3) is 0 Å². The number of anilines is 1. The molecule has 86 valence electrons. The van der Waals surface area contributed by atoms with Crippen molar-refractivity contribution in [1.29, 1.82) is 0 Å². The first-order chi connectivity index (χ1) is 7.41. The van der Waals surface area contributed by atoms with Crippen molar-refractivity contribution in [3.8, 4) is 0 Å². The van der Waals surface area contributed by atoms with Crippen LogP contribution in [0.2, 0.25) is 0 Å². The summed E-state index contributed by atoms with van der Waals surface area (Å²) in [5.74, 6) is -1.50. The average Bonchev–Trinajstić information content (AvgIpc) is 2.22. The van der Waals surface area contributed by atoms with Gasteiger partial charge in [-0.2, -0.15) is 0 Å². The molecule has 5 heteroatoms. The molecule has 0 fully saturated rings. The number of aryl methyl sites for hydroxylation is 1. The highest BCUT2D eigenvalue weighted by Crippen LogP contribution is 2.16. The molecule has 3 N–H and O–H groups in total. The van der Waals surface area contributed by atoms with Crippen LogP contribution in [0.3, 0.4) is 0 Å². The Morgan fingerprint density at radius 1 is 1.56 bits per heavy atom. The fraction of sp³-hybridized carbons (Fsp3) is 0.273. The first kappa shape index (κ1) is 12.6. The van der Waals surface area contributed by atoms with Crippen molar-refractivity contribution < 1.29 is 9.18 Å². The zero-order valence-corrected chi connectivity index (χ0v) is 9.90. The predicted octanol–water partition coefficient (Wildman–Crippen LogP) is 1.99. The van der Waals surface area contributed by atoms with Gasteiger partial charge in [0.1, 0.15) is 5.82 Å². The van der Waals surface area contributed by atoms with E-state index in [-0.39, 0.29) is 10.7 Å². The van der Waals surface area contributed by atoms with Crippen LogP contribution in [-0.4, -0.2) is 10.9 Å². The van der Waals surface area contributed by atoms with E-state index >= 15 is 0 Å². The molecule has 1 amide bonds. The van der Waals surface area contributed by atoms with Gasteiger partial charge in [0.25, 0.3) is 0 Å². The van der Waals surface area contributed by atoms with Crippen molar-refractivity contribution in [2.75, 3.05) is 5.32 Å². The van der Waals surface area contributed by atoms with E-state index in [9.17, 15) is 9.18 Å². The van der Waals surface area contributed by atoms with E-state index in [2.05, 4.69) is 5.32 Å². The Bertz CT molecular complexity index is 434. The number of amides is 1. The van der Waals surface area contributed by atoms with Crippen molar-refractivity contribution in [1.82, 2.24) is 0 Å². The van der Waals surface area contributed by atoms with E-state index < -0.39 is 17.6 Å². The van der Waals surface area contributed by atoms with Gasteiger partial charge >= 0.3 is 0 Å². The van der Waals surface area contributed by atoms with E-state index in [1.54, 1.807) is 19.1 Å². The van der Waals surface area contributed by atoms with Crippen LogP contribution >= 0.6 is 12.2 Å². The highest BCUT2D eigenvalue weighted by Gasteiger charge is 2.16. The summed E-state index contributed by atoms with van der Waals surface area (Å²) in [5, 5.41) is 2.45. The third-order valence-corrected chi connectivity index (χ3v) is 2.55. The van der Waals surface area contributed by atoms with Crippen molar-refractivity contribution in [2.45, 2.75) is 13.8 Å². The van der Waals surface area contributed by atoms with Crippen molar-refractivity contribution in [3.63, 3.8) is 0 Å². The van der Waals surface area contributed by atoms with Crippen LogP contribution in [0.4, 0.5) is 10.1 Å². The highest BCUT2D eigenvalue weighted by molar-refractivity contribution is 7.80. The zero-order valence-electron chi connectivity index (χ0n) is 9.08. The van der Waals surface area contributed by atoms with Gasteiger partial charge in [-0.1, -0.05) is 18.3 Å². The van der Waals surface area contributed by atoms with Crippen LogP contribution in [0, 0.1) is 18.7 Å². The number of benzene rings is 1. The zero-order chi connectivity index (χ0) is 12.3. The lowest BCUT2D eigenvalue weighted by molar-refractivity contribution is -0.117. The quantitative estimate of drug-likeness (QED) is 0.794. The molecule has 0 bridgehead atoms. The number of carbonyl (C=O) groups is 1. The first-order valence-corrected chi connectivity index (χ1v) is 5.19. The van der Waals surface area contributed by atoms with E-state index in [0.29, 0.717) is 0 Å². The predicted molar refractivity (Wildman–Crippen MR) is 65.7 cm³/mol. The normalized spacial score (nSPS) is 11.9. The average molecular weight is 240 g/mol. The summed E-state index contributed by atoms with van der Waals surface area (Å²) in [6.45, 7) is 3.39. The van der Waals surface area contributed by atoms with Crippen molar-refractivity contribution >= 4 is 28.8 Å². The van der Waals surface area contributed by atoms with Crippen LogP contribution in [0.1, 0.15) is 12.5 Å². The number of nitrogens with one attached hydrogen (secondary N) is 1. The van der Waals surface area contributed by atoms with E-state index in [0.717, 1.165) is 5.56 Å². The number of hydrogen-bond donors (Lipinski definition) is 2. The molecule has 1 unspecified atom stereocenters. The minimum atomic E-state index is -0.616. The Labute approximate surface area is 98.8 Å². The molecule has 16 heavy (non-hydrogen) atoms. The topological polar surface area (TPSA) is 55.1 Å². The third kappa shape index (κ3) is 3.00. The number of nitrogens with two attached hydrogens (primary N) is 1. The van der Waals surface area contributed by atoms with Gasteiger partial charge in [0.05, 0.1) is 16.6 Å². The van der Waals surface area contributed by atoms with E-state index in [1.165, 1.54) is 6.07 Å². The molecule has 0 aliphatic heterocycles. The van der Waals surface area contributed by atoms with E-state index in [4.69, 9.17) is 18.0 Å². The Hall–Kier alpha value is -1.49. The lowest BCUT2D eigenvalue weighted by Gasteiger charge is -2.11. The maximum atomic E-state index is 13.3. The second-order valence-electron chi connectivity index (χ2n) is 3.60. The summed E-state index contributed by atoms with van der Waals surface area (Å²) in [7, 11) is 0. The van der Waals surface area contributed by atoms with Crippen LogP contribution < -0.4 is 11.1 Å². The second-order valence-corrected chi connectivity index (χ2v) is 4.07. The largest absolute Gasteiger partial charge is 0.393 e. The number of carbonyl (C=O) groups excluding carboxylic acids is 1. The van der Waals surface area contributed by atoms with Crippen molar-refractivity contribution in [2.24, 2.45) is 11.7 Å². The molecule has 1 aromatic carbocycles.